The van der Waals surface area contributed by atoms with Crippen LogP contribution in [0.2, 0.25) is 0 Å². The lowest BCUT2D eigenvalue weighted by Gasteiger charge is -2.27. The molecular formula is C18H19N3O3. The molecule has 6 nitrogen and oxygen atoms in total. The summed E-state index contributed by atoms with van der Waals surface area (Å²) in [6.45, 7) is 0.279. The van der Waals surface area contributed by atoms with Gasteiger partial charge in [-0.15, -0.1) is 0 Å². The largest absolute Gasteiger partial charge is 0.464 e. The molecule has 1 amide bonds. The summed E-state index contributed by atoms with van der Waals surface area (Å²) in [5, 5.41) is 22.3. The summed E-state index contributed by atoms with van der Waals surface area (Å²) in [6, 6.07) is 17.1. The fourth-order valence-electron chi connectivity index (χ4n) is 2.71. The molecule has 3 rings (SSSR count). The molecule has 0 radical (unpaired) electrons. The molecule has 0 saturated carbocycles. The molecule has 1 aromatic heterocycles. The summed E-state index contributed by atoms with van der Waals surface area (Å²) in [6.07, 6.45) is 1.19. The molecule has 0 atom stereocenters. The molecule has 3 N–H and O–H groups in total. The quantitative estimate of drug-likeness (QED) is 0.606. The SMILES string of the molecule is O=C(O)N(CCc1c[nH]c2ccccc12)N(O)Cc1ccccc1. The first kappa shape index (κ1) is 16.0. The zero-order valence-corrected chi connectivity index (χ0v) is 13.1. The second-order valence-corrected chi connectivity index (χ2v) is 5.53. The van der Waals surface area contributed by atoms with Gasteiger partial charge in [0.1, 0.15) is 0 Å². The zero-order valence-electron chi connectivity index (χ0n) is 13.1. The van der Waals surface area contributed by atoms with Crippen LogP contribution in [0, 0.1) is 0 Å². The highest BCUT2D eigenvalue weighted by Crippen LogP contribution is 2.18. The first-order chi connectivity index (χ1) is 11.6. The fourth-order valence-corrected chi connectivity index (χ4v) is 2.71. The minimum Gasteiger partial charge on any atom is -0.464 e. The molecule has 0 spiro atoms. The summed E-state index contributed by atoms with van der Waals surface area (Å²) in [7, 11) is 0. The van der Waals surface area contributed by atoms with Gasteiger partial charge in [-0.05, 0) is 23.6 Å². The average Bonchev–Trinajstić information content (AvgIpc) is 2.99. The van der Waals surface area contributed by atoms with E-state index in [2.05, 4.69) is 4.98 Å². The lowest BCUT2D eigenvalue weighted by molar-refractivity contribution is -0.233. The zero-order chi connectivity index (χ0) is 16.9. The van der Waals surface area contributed by atoms with Crippen molar-refractivity contribution in [2.75, 3.05) is 6.54 Å². The number of para-hydroxylation sites is 1. The van der Waals surface area contributed by atoms with E-state index in [1.807, 2.05) is 60.8 Å². The molecule has 0 saturated heterocycles. The molecule has 24 heavy (non-hydrogen) atoms. The Bertz CT molecular complexity index is 817. The van der Waals surface area contributed by atoms with Crippen molar-refractivity contribution < 1.29 is 15.1 Å². The molecule has 0 aliphatic carbocycles. The van der Waals surface area contributed by atoms with Crippen molar-refractivity contribution in [2.24, 2.45) is 0 Å². The summed E-state index contributed by atoms with van der Waals surface area (Å²) in [5.41, 5.74) is 2.86. The minimum atomic E-state index is -1.19. The van der Waals surface area contributed by atoms with E-state index in [0.717, 1.165) is 32.2 Å². The molecule has 0 unspecified atom stereocenters. The molecule has 3 aromatic rings. The Kier molecular flexibility index (Phi) is 4.79. The van der Waals surface area contributed by atoms with Gasteiger partial charge in [0.05, 0.1) is 6.54 Å². The number of hydrazine groups is 1. The third-order valence-electron chi connectivity index (χ3n) is 3.93. The number of aromatic nitrogens is 1. The van der Waals surface area contributed by atoms with E-state index in [9.17, 15) is 15.1 Å². The average molecular weight is 325 g/mol. The number of nitrogens with one attached hydrogen (secondary N) is 1. The number of nitrogens with zero attached hydrogens (tertiary/aromatic N) is 2. The molecular weight excluding hydrogens is 306 g/mol. The van der Waals surface area contributed by atoms with Gasteiger partial charge in [0, 0.05) is 23.6 Å². The van der Waals surface area contributed by atoms with Crippen molar-refractivity contribution in [1.82, 2.24) is 15.2 Å². The van der Waals surface area contributed by atoms with Crippen LogP contribution in [0.4, 0.5) is 4.79 Å². The maximum atomic E-state index is 11.5. The lowest BCUT2D eigenvalue weighted by Crippen LogP contribution is -2.44. The van der Waals surface area contributed by atoms with Crippen LogP contribution < -0.4 is 0 Å². The van der Waals surface area contributed by atoms with Crippen LogP contribution in [0.25, 0.3) is 10.9 Å². The summed E-state index contributed by atoms with van der Waals surface area (Å²) in [5.74, 6) is 0. The van der Waals surface area contributed by atoms with E-state index in [1.54, 1.807) is 0 Å². The second kappa shape index (κ2) is 7.16. The number of carbonyl (C=O) groups is 1. The van der Waals surface area contributed by atoms with Crippen molar-refractivity contribution >= 4 is 17.0 Å². The van der Waals surface area contributed by atoms with Gasteiger partial charge in [0.15, 0.2) is 0 Å². The highest BCUT2D eigenvalue weighted by molar-refractivity contribution is 5.83. The number of benzene rings is 2. The van der Waals surface area contributed by atoms with Gasteiger partial charge in [-0.2, -0.15) is 0 Å². The van der Waals surface area contributed by atoms with Gasteiger partial charge in [0.25, 0.3) is 0 Å². The molecule has 0 fully saturated rings. The predicted octanol–water partition coefficient (Wildman–Crippen LogP) is 3.50. The number of amides is 1. The van der Waals surface area contributed by atoms with Crippen molar-refractivity contribution in [3.05, 3.63) is 71.9 Å². The Morgan fingerprint density at radius 3 is 2.50 bits per heavy atom. The van der Waals surface area contributed by atoms with Crippen LogP contribution >= 0.6 is 0 Å². The predicted molar refractivity (Wildman–Crippen MR) is 90.5 cm³/mol. The van der Waals surface area contributed by atoms with Gasteiger partial charge >= 0.3 is 6.09 Å². The number of hydrogen-bond donors (Lipinski definition) is 3. The number of aromatic amines is 1. The van der Waals surface area contributed by atoms with Crippen molar-refractivity contribution in [3.63, 3.8) is 0 Å². The normalized spacial score (nSPS) is 11.1. The molecule has 6 heteroatoms. The number of H-pyrrole nitrogens is 1. The van der Waals surface area contributed by atoms with Crippen LogP contribution in [0.1, 0.15) is 11.1 Å². The van der Waals surface area contributed by atoms with Gasteiger partial charge in [-0.25, -0.2) is 9.80 Å². The molecule has 0 aliphatic rings. The van der Waals surface area contributed by atoms with E-state index in [1.165, 1.54) is 0 Å². The Balaban J connectivity index is 1.69. The highest BCUT2D eigenvalue weighted by Gasteiger charge is 2.19. The van der Waals surface area contributed by atoms with E-state index < -0.39 is 6.09 Å². The van der Waals surface area contributed by atoms with E-state index in [4.69, 9.17) is 0 Å². The molecule has 0 bridgehead atoms. The van der Waals surface area contributed by atoms with E-state index in [-0.39, 0.29) is 13.1 Å². The summed E-state index contributed by atoms with van der Waals surface area (Å²) >= 11 is 0. The van der Waals surface area contributed by atoms with Gasteiger partial charge in [-0.1, -0.05) is 53.7 Å². The minimum absolute atomic E-state index is 0.112. The number of fused-ring (bicyclic) bond motifs is 1. The third kappa shape index (κ3) is 3.56. The second-order valence-electron chi connectivity index (χ2n) is 5.53. The van der Waals surface area contributed by atoms with Crippen LogP contribution in [-0.4, -0.2) is 38.1 Å². The maximum absolute atomic E-state index is 11.5. The monoisotopic (exact) mass is 325 g/mol. The Hall–Kier alpha value is -2.83. The molecule has 0 aliphatic heterocycles. The number of carboxylic acid groups (broad SMARTS) is 1. The van der Waals surface area contributed by atoms with Crippen molar-refractivity contribution in [2.45, 2.75) is 13.0 Å². The molecule has 1 heterocycles. The summed E-state index contributed by atoms with van der Waals surface area (Å²) < 4.78 is 0. The highest BCUT2D eigenvalue weighted by atomic mass is 16.6. The Labute approximate surface area is 139 Å². The summed E-state index contributed by atoms with van der Waals surface area (Å²) in [4.78, 5) is 14.6. The first-order valence-corrected chi connectivity index (χ1v) is 7.71. The van der Waals surface area contributed by atoms with E-state index >= 15 is 0 Å². The van der Waals surface area contributed by atoms with Crippen molar-refractivity contribution in [1.29, 1.82) is 0 Å². The van der Waals surface area contributed by atoms with Gasteiger partial charge < -0.3 is 10.1 Å². The molecule has 2 aromatic carbocycles. The number of rotatable bonds is 6. The van der Waals surface area contributed by atoms with Crippen LogP contribution in [-0.2, 0) is 13.0 Å². The van der Waals surface area contributed by atoms with Gasteiger partial charge in [0.2, 0.25) is 0 Å². The number of hydrogen-bond acceptors (Lipinski definition) is 3. The Morgan fingerprint density at radius 2 is 1.75 bits per heavy atom. The standard InChI is InChI=1S/C18H19N3O3/c22-18(23)20(21(24)13-14-6-2-1-3-7-14)11-10-15-12-19-17-9-5-4-8-16(15)17/h1-9,12,19,24H,10-11,13H2,(H,22,23). The van der Waals surface area contributed by atoms with Crippen LogP contribution in [0.3, 0.4) is 0 Å². The lowest BCUT2D eigenvalue weighted by atomic mass is 10.1. The number of hydroxylamine groups is 1. The Morgan fingerprint density at radius 1 is 1.04 bits per heavy atom. The third-order valence-corrected chi connectivity index (χ3v) is 3.93. The topological polar surface area (TPSA) is 79.8 Å². The molecule has 124 valence electrons. The maximum Gasteiger partial charge on any atom is 0.423 e. The van der Waals surface area contributed by atoms with Crippen molar-refractivity contribution in [3.8, 4) is 0 Å². The smallest absolute Gasteiger partial charge is 0.423 e. The van der Waals surface area contributed by atoms with E-state index in [0.29, 0.717) is 6.42 Å². The van der Waals surface area contributed by atoms with Crippen LogP contribution in [0.15, 0.2) is 60.8 Å². The van der Waals surface area contributed by atoms with Gasteiger partial charge in [-0.3, -0.25) is 5.21 Å². The van der Waals surface area contributed by atoms with Crippen LogP contribution in [0.5, 0.6) is 0 Å². The fraction of sp³-hybridized carbons (Fsp3) is 0.167. The first-order valence-electron chi connectivity index (χ1n) is 7.71.